The standard InChI is InChI=1S/C27H28N4O3/c1-16(2)18-10-12-19(13-11-18)24-23(25(32)20-7-6-8-21(15-20)30(4)5)26(33)27(34)31(24)22-14-9-17(3)28-29-22/h6-16,24,33H,1-5H3. The minimum absolute atomic E-state index is 0.0283. The van der Waals surface area contributed by atoms with Gasteiger partial charge < -0.3 is 10.0 Å². The molecular weight excluding hydrogens is 428 g/mol. The Balaban J connectivity index is 1.85. The molecule has 1 unspecified atom stereocenters. The number of aliphatic hydroxyl groups excluding tert-OH is 1. The third-order valence-corrected chi connectivity index (χ3v) is 6.03. The monoisotopic (exact) mass is 456 g/mol. The molecule has 4 rings (SSSR count). The number of aromatic nitrogens is 2. The molecule has 1 N–H and O–H groups in total. The molecule has 0 spiro atoms. The van der Waals surface area contributed by atoms with Crippen LogP contribution < -0.4 is 9.80 Å². The molecule has 34 heavy (non-hydrogen) atoms. The third-order valence-electron chi connectivity index (χ3n) is 6.03. The lowest BCUT2D eigenvalue weighted by Crippen LogP contribution is -2.32. The smallest absolute Gasteiger partial charge is 0.295 e. The molecule has 0 aliphatic carbocycles. The number of ketones is 1. The summed E-state index contributed by atoms with van der Waals surface area (Å²) in [4.78, 5) is 30.2. The van der Waals surface area contributed by atoms with Crippen LogP contribution in [0.25, 0.3) is 0 Å². The van der Waals surface area contributed by atoms with Gasteiger partial charge in [0, 0.05) is 25.3 Å². The highest BCUT2D eigenvalue weighted by molar-refractivity contribution is 6.20. The molecule has 7 nitrogen and oxygen atoms in total. The van der Waals surface area contributed by atoms with Gasteiger partial charge in [0.15, 0.2) is 17.4 Å². The number of aryl methyl sites for hydroxylation is 1. The average Bonchev–Trinajstić information content (AvgIpc) is 3.09. The zero-order chi connectivity index (χ0) is 24.6. The maximum absolute atomic E-state index is 13.7. The van der Waals surface area contributed by atoms with Gasteiger partial charge in [-0.15, -0.1) is 5.10 Å². The first-order chi connectivity index (χ1) is 16.2. The van der Waals surface area contributed by atoms with E-state index in [1.807, 2.05) is 49.3 Å². The normalized spacial score (nSPS) is 15.9. The lowest BCUT2D eigenvalue weighted by Gasteiger charge is -2.26. The summed E-state index contributed by atoms with van der Waals surface area (Å²) in [5.41, 5.74) is 3.80. The van der Waals surface area contributed by atoms with Crippen molar-refractivity contribution in [3.8, 4) is 0 Å². The van der Waals surface area contributed by atoms with Gasteiger partial charge in [-0.3, -0.25) is 14.5 Å². The van der Waals surface area contributed by atoms with Crippen molar-refractivity contribution in [2.24, 2.45) is 0 Å². The van der Waals surface area contributed by atoms with Crippen LogP contribution in [0.1, 0.15) is 53.0 Å². The number of aliphatic hydroxyl groups is 1. The Hall–Kier alpha value is -4.00. The van der Waals surface area contributed by atoms with E-state index in [1.165, 1.54) is 4.90 Å². The molecule has 0 radical (unpaired) electrons. The van der Waals surface area contributed by atoms with E-state index in [-0.39, 0.29) is 11.4 Å². The van der Waals surface area contributed by atoms with Crippen molar-refractivity contribution in [3.63, 3.8) is 0 Å². The molecule has 1 amide bonds. The second-order valence-corrected chi connectivity index (χ2v) is 8.97. The fourth-order valence-electron chi connectivity index (χ4n) is 4.05. The first kappa shape index (κ1) is 23.2. The Morgan fingerprint density at radius 2 is 1.74 bits per heavy atom. The lowest BCUT2D eigenvalue weighted by atomic mass is 9.91. The van der Waals surface area contributed by atoms with E-state index in [1.54, 1.807) is 37.3 Å². The fraction of sp³-hybridized carbons (Fsp3) is 0.259. The van der Waals surface area contributed by atoms with Gasteiger partial charge in [0.05, 0.1) is 17.3 Å². The van der Waals surface area contributed by atoms with Gasteiger partial charge in [-0.1, -0.05) is 50.2 Å². The molecule has 1 aliphatic rings. The van der Waals surface area contributed by atoms with Gasteiger partial charge in [0.25, 0.3) is 5.91 Å². The van der Waals surface area contributed by atoms with Crippen LogP contribution in [0.4, 0.5) is 11.5 Å². The summed E-state index contributed by atoms with van der Waals surface area (Å²) < 4.78 is 0. The molecule has 0 saturated carbocycles. The van der Waals surface area contributed by atoms with Crippen molar-refractivity contribution in [1.82, 2.24) is 10.2 Å². The molecule has 1 aromatic heterocycles. The molecule has 0 bridgehead atoms. The van der Waals surface area contributed by atoms with E-state index < -0.39 is 23.5 Å². The molecule has 0 fully saturated rings. The topological polar surface area (TPSA) is 86.6 Å². The summed E-state index contributed by atoms with van der Waals surface area (Å²) in [5.74, 6) is -1.05. The minimum atomic E-state index is -0.832. The zero-order valence-corrected chi connectivity index (χ0v) is 20.0. The van der Waals surface area contributed by atoms with Gasteiger partial charge in [0.1, 0.15) is 0 Å². The summed E-state index contributed by atoms with van der Waals surface area (Å²) in [7, 11) is 3.77. The van der Waals surface area contributed by atoms with Crippen molar-refractivity contribution in [2.75, 3.05) is 23.9 Å². The van der Waals surface area contributed by atoms with Crippen molar-refractivity contribution in [1.29, 1.82) is 0 Å². The van der Waals surface area contributed by atoms with Crippen LogP contribution in [-0.2, 0) is 4.79 Å². The highest BCUT2D eigenvalue weighted by Gasteiger charge is 2.45. The highest BCUT2D eigenvalue weighted by atomic mass is 16.3. The van der Waals surface area contributed by atoms with Gasteiger partial charge in [-0.2, -0.15) is 5.10 Å². The number of carbonyl (C=O) groups excluding carboxylic acids is 2. The van der Waals surface area contributed by atoms with Gasteiger partial charge in [0.2, 0.25) is 0 Å². The number of benzene rings is 2. The van der Waals surface area contributed by atoms with Crippen LogP contribution in [-0.4, -0.2) is 41.1 Å². The first-order valence-electron chi connectivity index (χ1n) is 11.2. The molecule has 2 aromatic carbocycles. The number of anilines is 2. The van der Waals surface area contributed by atoms with Crippen molar-refractivity contribution >= 4 is 23.2 Å². The molecule has 7 heteroatoms. The number of nitrogens with zero attached hydrogens (tertiary/aromatic N) is 4. The van der Waals surface area contributed by atoms with Crippen molar-refractivity contribution in [2.45, 2.75) is 32.7 Å². The maximum Gasteiger partial charge on any atom is 0.295 e. The van der Waals surface area contributed by atoms with Crippen molar-refractivity contribution in [3.05, 3.63) is 94.4 Å². The van der Waals surface area contributed by atoms with Gasteiger partial charge in [-0.05, 0) is 48.2 Å². The predicted octanol–water partition coefficient (Wildman–Crippen LogP) is 4.76. The number of Topliss-reactive ketones (excluding diaryl/α,β-unsaturated/α-hetero) is 1. The molecule has 2 heterocycles. The maximum atomic E-state index is 13.7. The Bertz CT molecular complexity index is 1260. The molecule has 174 valence electrons. The number of hydrogen-bond acceptors (Lipinski definition) is 6. The quantitative estimate of drug-likeness (QED) is 0.539. The van der Waals surface area contributed by atoms with Gasteiger partial charge >= 0.3 is 0 Å². The van der Waals surface area contributed by atoms with Crippen LogP contribution in [0.2, 0.25) is 0 Å². The summed E-state index contributed by atoms with van der Waals surface area (Å²) in [6.45, 7) is 5.99. The Morgan fingerprint density at radius 1 is 1.03 bits per heavy atom. The molecule has 1 atom stereocenters. The van der Waals surface area contributed by atoms with Crippen LogP contribution >= 0.6 is 0 Å². The SMILES string of the molecule is Cc1ccc(N2C(=O)C(O)=C(C(=O)c3cccc(N(C)C)c3)C2c2ccc(C(C)C)cc2)nn1. The summed E-state index contributed by atoms with van der Waals surface area (Å²) >= 11 is 0. The lowest BCUT2D eigenvalue weighted by molar-refractivity contribution is -0.117. The molecule has 0 saturated heterocycles. The van der Waals surface area contributed by atoms with E-state index in [0.29, 0.717) is 22.7 Å². The first-order valence-corrected chi connectivity index (χ1v) is 11.2. The predicted molar refractivity (Wildman–Crippen MR) is 132 cm³/mol. The summed E-state index contributed by atoms with van der Waals surface area (Å²) in [6.07, 6.45) is 0. The van der Waals surface area contributed by atoms with Crippen LogP contribution in [0.5, 0.6) is 0 Å². The van der Waals surface area contributed by atoms with Gasteiger partial charge in [-0.25, -0.2) is 0 Å². The molecular formula is C27H28N4O3. The minimum Gasteiger partial charge on any atom is -0.503 e. The van der Waals surface area contributed by atoms with E-state index in [0.717, 1.165) is 11.3 Å². The summed E-state index contributed by atoms with van der Waals surface area (Å²) in [5, 5.41) is 19.2. The van der Waals surface area contributed by atoms with Crippen LogP contribution in [0.3, 0.4) is 0 Å². The fourth-order valence-corrected chi connectivity index (χ4v) is 4.05. The van der Waals surface area contributed by atoms with E-state index >= 15 is 0 Å². The number of hydrogen-bond donors (Lipinski definition) is 1. The average molecular weight is 457 g/mol. The second kappa shape index (κ2) is 9.09. The Labute approximate surface area is 199 Å². The van der Waals surface area contributed by atoms with E-state index in [4.69, 9.17) is 0 Å². The Morgan fingerprint density at radius 3 is 2.32 bits per heavy atom. The summed E-state index contributed by atoms with van der Waals surface area (Å²) in [6, 6.07) is 17.4. The highest BCUT2D eigenvalue weighted by Crippen LogP contribution is 2.41. The van der Waals surface area contributed by atoms with Crippen LogP contribution in [0.15, 0.2) is 72.0 Å². The largest absolute Gasteiger partial charge is 0.503 e. The molecule has 1 aliphatic heterocycles. The number of carbonyl (C=O) groups is 2. The Kier molecular flexibility index (Phi) is 6.20. The van der Waals surface area contributed by atoms with E-state index in [9.17, 15) is 14.7 Å². The molecule has 3 aromatic rings. The van der Waals surface area contributed by atoms with Crippen LogP contribution in [0, 0.1) is 6.92 Å². The third kappa shape index (κ3) is 4.17. The van der Waals surface area contributed by atoms with E-state index in [2.05, 4.69) is 24.0 Å². The second-order valence-electron chi connectivity index (χ2n) is 8.97. The zero-order valence-electron chi connectivity index (χ0n) is 20.0. The number of amides is 1. The number of rotatable bonds is 6. The van der Waals surface area contributed by atoms with Crippen molar-refractivity contribution < 1.29 is 14.7 Å².